The van der Waals surface area contributed by atoms with Gasteiger partial charge in [-0.2, -0.15) is 0 Å². The molecule has 0 radical (unpaired) electrons. The van der Waals surface area contributed by atoms with Crippen LogP contribution in [0.15, 0.2) is 54.7 Å². The zero-order chi connectivity index (χ0) is 18.7. The highest BCUT2D eigenvalue weighted by Gasteiger charge is 2.33. The fourth-order valence-electron chi connectivity index (χ4n) is 3.61. The lowest BCUT2D eigenvalue weighted by Crippen LogP contribution is -2.23. The van der Waals surface area contributed by atoms with E-state index in [0.717, 1.165) is 34.9 Å². The number of fused-ring (bicyclic) bond motifs is 1. The van der Waals surface area contributed by atoms with Crippen LogP contribution in [0.25, 0.3) is 11.0 Å². The van der Waals surface area contributed by atoms with Crippen molar-refractivity contribution >= 4 is 23.5 Å². The van der Waals surface area contributed by atoms with Gasteiger partial charge in [-0.15, -0.1) is 0 Å². The molecule has 26 heavy (non-hydrogen) atoms. The van der Waals surface area contributed by atoms with Crippen LogP contribution in [0, 0.1) is 0 Å². The van der Waals surface area contributed by atoms with E-state index in [2.05, 4.69) is 61.9 Å². The van der Waals surface area contributed by atoms with Crippen LogP contribution in [0.5, 0.6) is 0 Å². The van der Waals surface area contributed by atoms with Crippen molar-refractivity contribution in [1.82, 2.24) is 9.97 Å². The van der Waals surface area contributed by atoms with Crippen LogP contribution in [-0.4, -0.2) is 21.3 Å². The minimum Gasteiger partial charge on any atom is -0.318 e. The number of pyridine rings is 2. The molecule has 0 fully saturated rings. The van der Waals surface area contributed by atoms with Gasteiger partial charge in [0.05, 0.1) is 0 Å². The molecule has 0 unspecified atom stereocenters. The average Bonchev–Trinajstić information content (AvgIpc) is 2.65. The summed E-state index contributed by atoms with van der Waals surface area (Å²) in [6.45, 7) is 8.31. The van der Waals surface area contributed by atoms with Gasteiger partial charge in [-0.3, -0.25) is 0 Å². The van der Waals surface area contributed by atoms with Crippen LogP contribution >= 0.6 is 7.14 Å². The van der Waals surface area contributed by atoms with E-state index in [1.165, 1.54) is 5.56 Å². The molecule has 1 aromatic carbocycles. The summed E-state index contributed by atoms with van der Waals surface area (Å²) in [6, 6.07) is 16.3. The molecule has 136 valence electrons. The van der Waals surface area contributed by atoms with Gasteiger partial charge in [0.2, 0.25) is 0 Å². The maximum absolute atomic E-state index is 13.8. The van der Waals surface area contributed by atoms with Crippen molar-refractivity contribution in [3.63, 3.8) is 0 Å². The minimum absolute atomic E-state index is 0.145. The van der Waals surface area contributed by atoms with E-state index in [1.54, 1.807) is 6.20 Å². The predicted octanol–water partition coefficient (Wildman–Crippen LogP) is 5.22. The van der Waals surface area contributed by atoms with Crippen molar-refractivity contribution < 1.29 is 4.57 Å². The normalized spacial score (nSPS) is 12.2. The Morgan fingerprint density at radius 2 is 1.62 bits per heavy atom. The molecule has 4 heteroatoms. The number of nitrogens with zero attached hydrogens (tertiary/aromatic N) is 2. The number of hydrogen-bond donors (Lipinski definition) is 0. The molecule has 0 aliphatic heterocycles. The lowest BCUT2D eigenvalue weighted by Gasteiger charge is -2.28. The third-order valence-corrected chi connectivity index (χ3v) is 9.33. The van der Waals surface area contributed by atoms with Crippen LogP contribution in [0.2, 0.25) is 0 Å². The molecule has 3 rings (SSSR count). The molecule has 0 atom stereocenters. The summed E-state index contributed by atoms with van der Waals surface area (Å²) in [5.41, 5.74) is 3.28. The van der Waals surface area contributed by atoms with Gasteiger partial charge in [-0.05, 0) is 42.7 Å². The first-order valence-electron chi connectivity index (χ1n) is 9.31. The summed E-state index contributed by atoms with van der Waals surface area (Å²) in [7, 11) is -2.45. The van der Waals surface area contributed by atoms with Crippen LogP contribution in [-0.2, 0) is 17.4 Å². The van der Waals surface area contributed by atoms with E-state index >= 15 is 0 Å². The summed E-state index contributed by atoms with van der Waals surface area (Å²) in [5.74, 6) is 0. The van der Waals surface area contributed by atoms with Crippen molar-refractivity contribution in [2.45, 2.75) is 51.9 Å². The van der Waals surface area contributed by atoms with Gasteiger partial charge in [-0.1, -0.05) is 52.0 Å². The fraction of sp³-hybridized carbons (Fsp3) is 0.364. The second-order valence-corrected chi connectivity index (χ2v) is 11.3. The lowest BCUT2D eigenvalue weighted by molar-refractivity contribution is 0.568. The second-order valence-electron chi connectivity index (χ2n) is 7.38. The monoisotopic (exact) mass is 366 g/mol. The molecule has 0 amide bonds. The molecule has 2 heterocycles. The highest BCUT2D eigenvalue weighted by Crippen LogP contribution is 2.54. The third-order valence-electron chi connectivity index (χ3n) is 5.07. The average molecular weight is 366 g/mol. The molecule has 2 aromatic heterocycles. The highest BCUT2D eigenvalue weighted by molar-refractivity contribution is 7.72. The Bertz CT molecular complexity index is 938. The van der Waals surface area contributed by atoms with Gasteiger partial charge >= 0.3 is 0 Å². The number of hydrogen-bond acceptors (Lipinski definition) is 3. The van der Waals surface area contributed by atoms with Crippen molar-refractivity contribution in [2.24, 2.45) is 0 Å². The van der Waals surface area contributed by atoms with E-state index < -0.39 is 7.14 Å². The smallest absolute Gasteiger partial charge is 0.159 e. The number of aryl methyl sites for hydroxylation is 2. The van der Waals surface area contributed by atoms with Crippen LogP contribution in [0.3, 0.4) is 0 Å². The Morgan fingerprint density at radius 1 is 0.885 bits per heavy atom. The predicted molar refractivity (Wildman–Crippen MR) is 111 cm³/mol. The van der Waals surface area contributed by atoms with Crippen molar-refractivity contribution in [1.29, 1.82) is 0 Å². The molecule has 0 saturated carbocycles. The Morgan fingerprint density at radius 3 is 2.35 bits per heavy atom. The van der Waals surface area contributed by atoms with E-state index in [1.807, 2.05) is 24.3 Å². The second kappa shape index (κ2) is 7.72. The van der Waals surface area contributed by atoms with Crippen molar-refractivity contribution in [2.75, 3.05) is 0 Å². The molecular weight excluding hydrogens is 339 g/mol. The largest absolute Gasteiger partial charge is 0.318 e. The standard InChI is InChI=1S/C22H27N2OP/c1-16(2)26(25,17(3)4)21-10-6-5-8-18(21)11-13-20-14-12-19-9-7-15-23-22(19)24-20/h5-10,12,14-17H,11,13H2,1-4H3. The van der Waals surface area contributed by atoms with Crippen LogP contribution in [0.4, 0.5) is 0 Å². The molecule has 3 nitrogen and oxygen atoms in total. The Hall–Kier alpha value is -1.99. The first-order valence-corrected chi connectivity index (χ1v) is 11.2. The Balaban J connectivity index is 1.89. The Kier molecular flexibility index (Phi) is 5.58. The molecule has 0 spiro atoms. The van der Waals surface area contributed by atoms with E-state index in [-0.39, 0.29) is 11.3 Å². The van der Waals surface area contributed by atoms with Crippen LogP contribution < -0.4 is 5.30 Å². The van der Waals surface area contributed by atoms with Crippen LogP contribution in [0.1, 0.15) is 39.0 Å². The maximum atomic E-state index is 13.8. The molecule has 3 aromatic rings. The minimum atomic E-state index is -2.45. The zero-order valence-corrected chi connectivity index (χ0v) is 16.9. The molecule has 0 N–H and O–H groups in total. The summed E-state index contributed by atoms with van der Waals surface area (Å²) in [5, 5.41) is 2.10. The van der Waals surface area contributed by atoms with Crippen molar-refractivity contribution in [3.8, 4) is 0 Å². The number of benzene rings is 1. The third kappa shape index (κ3) is 3.59. The topological polar surface area (TPSA) is 42.9 Å². The summed E-state index contributed by atoms with van der Waals surface area (Å²) in [4.78, 5) is 9.02. The van der Waals surface area contributed by atoms with E-state index in [9.17, 15) is 4.57 Å². The lowest BCUT2D eigenvalue weighted by atomic mass is 10.1. The van der Waals surface area contributed by atoms with Gasteiger partial charge < -0.3 is 4.57 Å². The van der Waals surface area contributed by atoms with E-state index in [4.69, 9.17) is 0 Å². The zero-order valence-electron chi connectivity index (χ0n) is 16.0. The molecule has 0 bridgehead atoms. The SMILES string of the molecule is CC(C)P(=O)(c1ccccc1CCc1ccc2cccnc2n1)C(C)C. The number of rotatable bonds is 6. The molecule has 0 saturated heterocycles. The first kappa shape index (κ1) is 18.8. The highest BCUT2D eigenvalue weighted by atomic mass is 31.2. The fourth-order valence-corrected chi connectivity index (χ4v) is 6.87. The molecule has 0 aliphatic rings. The summed E-state index contributed by atoms with van der Waals surface area (Å²) < 4.78 is 13.8. The Labute approximate surface area is 156 Å². The van der Waals surface area contributed by atoms with Gasteiger partial charge in [0.1, 0.15) is 7.14 Å². The summed E-state index contributed by atoms with van der Waals surface area (Å²) in [6.07, 6.45) is 3.43. The van der Waals surface area contributed by atoms with Gasteiger partial charge in [0.15, 0.2) is 5.65 Å². The van der Waals surface area contributed by atoms with Gasteiger partial charge in [0, 0.05) is 33.9 Å². The van der Waals surface area contributed by atoms with Gasteiger partial charge in [-0.25, -0.2) is 9.97 Å². The van der Waals surface area contributed by atoms with Gasteiger partial charge in [0.25, 0.3) is 0 Å². The summed E-state index contributed by atoms with van der Waals surface area (Å²) >= 11 is 0. The van der Waals surface area contributed by atoms with Crippen molar-refractivity contribution in [3.05, 3.63) is 66.0 Å². The maximum Gasteiger partial charge on any atom is 0.159 e. The molecule has 0 aliphatic carbocycles. The molecular formula is C22H27N2OP. The number of aromatic nitrogens is 2. The quantitative estimate of drug-likeness (QED) is 0.562. The first-order chi connectivity index (χ1) is 12.4. The van der Waals surface area contributed by atoms with E-state index in [0.29, 0.717) is 0 Å².